The molecule has 0 aliphatic rings. The fourth-order valence-corrected chi connectivity index (χ4v) is 2.43. The molecule has 1 heterocycles. The van der Waals surface area contributed by atoms with Crippen LogP contribution in [0.3, 0.4) is 0 Å². The molecule has 0 saturated carbocycles. The Morgan fingerprint density at radius 3 is 2.46 bits per heavy atom. The second-order valence-electron chi connectivity index (χ2n) is 5.45. The molecule has 6 heteroatoms. The number of nitrogens with zero attached hydrogens (tertiary/aromatic N) is 2. The number of hydrogen-bond donors (Lipinski definition) is 2. The SMILES string of the molecule is CN=C(NCc1ccc(F)cc1)NCc1ncc(C)c(OC)c1C. The van der Waals surface area contributed by atoms with E-state index in [-0.39, 0.29) is 5.82 Å². The Balaban J connectivity index is 1.95. The molecular formula is C18H23FN4O. The van der Waals surface area contributed by atoms with Crippen LogP contribution in [-0.2, 0) is 13.1 Å². The van der Waals surface area contributed by atoms with Crippen LogP contribution in [0.5, 0.6) is 5.75 Å². The first-order valence-electron chi connectivity index (χ1n) is 7.73. The minimum Gasteiger partial charge on any atom is -0.496 e. The van der Waals surface area contributed by atoms with E-state index in [2.05, 4.69) is 20.6 Å². The van der Waals surface area contributed by atoms with Gasteiger partial charge in [-0.2, -0.15) is 0 Å². The van der Waals surface area contributed by atoms with Gasteiger partial charge in [-0.25, -0.2) is 4.39 Å². The van der Waals surface area contributed by atoms with Gasteiger partial charge in [0.1, 0.15) is 11.6 Å². The van der Waals surface area contributed by atoms with E-state index in [0.29, 0.717) is 19.0 Å². The lowest BCUT2D eigenvalue weighted by Crippen LogP contribution is -2.36. The van der Waals surface area contributed by atoms with Crippen LogP contribution in [0.2, 0.25) is 0 Å². The van der Waals surface area contributed by atoms with Crippen molar-refractivity contribution in [3.8, 4) is 5.75 Å². The highest BCUT2D eigenvalue weighted by atomic mass is 19.1. The summed E-state index contributed by atoms with van der Waals surface area (Å²) in [5.74, 6) is 1.27. The highest BCUT2D eigenvalue weighted by Crippen LogP contribution is 2.23. The highest BCUT2D eigenvalue weighted by molar-refractivity contribution is 5.79. The molecule has 128 valence electrons. The molecule has 0 aliphatic heterocycles. The molecular weight excluding hydrogens is 307 g/mol. The summed E-state index contributed by atoms with van der Waals surface area (Å²) in [6.45, 7) is 5.05. The Labute approximate surface area is 142 Å². The Morgan fingerprint density at radius 1 is 1.17 bits per heavy atom. The zero-order valence-electron chi connectivity index (χ0n) is 14.5. The molecule has 1 aromatic carbocycles. The molecule has 0 saturated heterocycles. The molecule has 1 aromatic heterocycles. The molecule has 2 aromatic rings. The number of ether oxygens (including phenoxy) is 1. The fraction of sp³-hybridized carbons (Fsp3) is 0.333. The summed E-state index contributed by atoms with van der Waals surface area (Å²) in [4.78, 5) is 8.64. The van der Waals surface area contributed by atoms with E-state index in [1.165, 1.54) is 12.1 Å². The van der Waals surface area contributed by atoms with Crippen molar-refractivity contribution in [2.75, 3.05) is 14.2 Å². The summed E-state index contributed by atoms with van der Waals surface area (Å²) in [6.07, 6.45) is 1.80. The zero-order valence-corrected chi connectivity index (χ0v) is 14.5. The predicted octanol–water partition coefficient (Wildman–Crippen LogP) is 2.71. The van der Waals surface area contributed by atoms with E-state index in [4.69, 9.17) is 4.74 Å². The van der Waals surface area contributed by atoms with Crippen molar-refractivity contribution in [3.63, 3.8) is 0 Å². The number of halogens is 1. The number of hydrogen-bond acceptors (Lipinski definition) is 3. The van der Waals surface area contributed by atoms with Gasteiger partial charge in [0.05, 0.1) is 19.3 Å². The molecule has 24 heavy (non-hydrogen) atoms. The maximum atomic E-state index is 12.9. The van der Waals surface area contributed by atoms with Gasteiger partial charge >= 0.3 is 0 Å². The van der Waals surface area contributed by atoms with Crippen LogP contribution in [0.1, 0.15) is 22.4 Å². The van der Waals surface area contributed by atoms with Crippen molar-refractivity contribution in [2.24, 2.45) is 4.99 Å². The summed E-state index contributed by atoms with van der Waals surface area (Å²) in [5, 5.41) is 6.42. The average Bonchev–Trinajstić information content (AvgIpc) is 2.58. The number of guanidine groups is 1. The fourth-order valence-electron chi connectivity index (χ4n) is 2.43. The molecule has 0 bridgehead atoms. The molecule has 2 N–H and O–H groups in total. The third kappa shape index (κ3) is 4.44. The summed E-state index contributed by atoms with van der Waals surface area (Å²) >= 11 is 0. The van der Waals surface area contributed by atoms with Gasteiger partial charge < -0.3 is 15.4 Å². The molecule has 0 amide bonds. The summed E-state index contributed by atoms with van der Waals surface area (Å²) < 4.78 is 18.3. The van der Waals surface area contributed by atoms with Gasteiger partial charge in [0, 0.05) is 30.9 Å². The van der Waals surface area contributed by atoms with Gasteiger partial charge in [0.2, 0.25) is 0 Å². The number of benzene rings is 1. The lowest BCUT2D eigenvalue weighted by molar-refractivity contribution is 0.406. The van der Waals surface area contributed by atoms with E-state index in [1.54, 1.807) is 32.5 Å². The van der Waals surface area contributed by atoms with E-state index >= 15 is 0 Å². The second kappa shape index (κ2) is 8.29. The van der Waals surface area contributed by atoms with E-state index in [1.807, 2.05) is 13.8 Å². The largest absolute Gasteiger partial charge is 0.496 e. The lowest BCUT2D eigenvalue weighted by Gasteiger charge is -2.15. The van der Waals surface area contributed by atoms with Crippen molar-refractivity contribution in [1.29, 1.82) is 0 Å². The van der Waals surface area contributed by atoms with E-state index in [0.717, 1.165) is 28.1 Å². The Bertz CT molecular complexity index is 714. The van der Waals surface area contributed by atoms with Gasteiger partial charge in [0.25, 0.3) is 0 Å². The highest BCUT2D eigenvalue weighted by Gasteiger charge is 2.09. The average molecular weight is 330 g/mol. The smallest absolute Gasteiger partial charge is 0.191 e. The van der Waals surface area contributed by atoms with Gasteiger partial charge in [-0.05, 0) is 31.5 Å². The number of nitrogens with one attached hydrogen (secondary N) is 2. The first-order valence-corrected chi connectivity index (χ1v) is 7.73. The zero-order chi connectivity index (χ0) is 17.5. The minimum absolute atomic E-state index is 0.240. The third-order valence-corrected chi connectivity index (χ3v) is 3.77. The maximum Gasteiger partial charge on any atom is 0.191 e. The molecule has 0 aliphatic carbocycles. The van der Waals surface area contributed by atoms with E-state index < -0.39 is 0 Å². The van der Waals surface area contributed by atoms with Crippen molar-refractivity contribution in [2.45, 2.75) is 26.9 Å². The van der Waals surface area contributed by atoms with Crippen molar-refractivity contribution < 1.29 is 9.13 Å². The number of methoxy groups -OCH3 is 1. The molecule has 0 radical (unpaired) electrons. The van der Waals surface area contributed by atoms with Crippen LogP contribution in [0.25, 0.3) is 0 Å². The Hall–Kier alpha value is -2.63. The summed E-state index contributed by atoms with van der Waals surface area (Å²) in [6, 6.07) is 6.37. The number of aromatic nitrogens is 1. The van der Waals surface area contributed by atoms with Gasteiger partial charge in [-0.15, -0.1) is 0 Å². The maximum absolute atomic E-state index is 12.9. The van der Waals surface area contributed by atoms with Crippen LogP contribution >= 0.6 is 0 Å². The van der Waals surface area contributed by atoms with Crippen LogP contribution < -0.4 is 15.4 Å². The molecule has 0 unspecified atom stereocenters. The van der Waals surface area contributed by atoms with Crippen molar-refractivity contribution in [1.82, 2.24) is 15.6 Å². The standard InChI is InChI=1S/C18H23FN4O/c1-12-9-21-16(13(2)17(12)24-4)11-23-18(20-3)22-10-14-5-7-15(19)8-6-14/h5-9H,10-11H2,1-4H3,(H2,20,22,23). The van der Waals surface area contributed by atoms with Gasteiger partial charge in [0.15, 0.2) is 5.96 Å². The summed E-state index contributed by atoms with van der Waals surface area (Å²) in [5.41, 5.74) is 3.91. The summed E-state index contributed by atoms with van der Waals surface area (Å²) in [7, 11) is 3.37. The lowest BCUT2D eigenvalue weighted by atomic mass is 10.1. The molecule has 5 nitrogen and oxygen atoms in total. The molecule has 0 spiro atoms. The van der Waals surface area contributed by atoms with Crippen molar-refractivity contribution >= 4 is 5.96 Å². The number of pyridine rings is 1. The monoisotopic (exact) mass is 330 g/mol. The number of aryl methyl sites for hydroxylation is 1. The predicted molar refractivity (Wildman–Crippen MR) is 93.7 cm³/mol. The molecule has 0 fully saturated rings. The number of aliphatic imine (C=N–C) groups is 1. The number of rotatable bonds is 5. The van der Waals surface area contributed by atoms with Gasteiger partial charge in [-0.1, -0.05) is 12.1 Å². The Morgan fingerprint density at radius 2 is 1.83 bits per heavy atom. The van der Waals surface area contributed by atoms with Crippen LogP contribution in [-0.4, -0.2) is 25.1 Å². The van der Waals surface area contributed by atoms with Crippen LogP contribution in [0.4, 0.5) is 4.39 Å². The first kappa shape index (κ1) is 17.7. The third-order valence-electron chi connectivity index (χ3n) is 3.77. The van der Waals surface area contributed by atoms with E-state index in [9.17, 15) is 4.39 Å². The molecule has 2 rings (SSSR count). The van der Waals surface area contributed by atoms with Crippen molar-refractivity contribution in [3.05, 3.63) is 58.7 Å². The van der Waals surface area contributed by atoms with Gasteiger partial charge in [-0.3, -0.25) is 9.98 Å². The first-order chi connectivity index (χ1) is 11.5. The quantitative estimate of drug-likeness (QED) is 0.654. The topological polar surface area (TPSA) is 58.5 Å². The Kier molecular flexibility index (Phi) is 6.12. The molecule has 0 atom stereocenters. The van der Waals surface area contributed by atoms with Crippen LogP contribution in [0, 0.1) is 19.7 Å². The minimum atomic E-state index is -0.240. The second-order valence-corrected chi connectivity index (χ2v) is 5.45. The normalized spacial score (nSPS) is 11.3. The van der Waals surface area contributed by atoms with Crippen LogP contribution in [0.15, 0.2) is 35.5 Å².